The monoisotopic (exact) mass is 391 g/mol. The van der Waals surface area contributed by atoms with E-state index in [-0.39, 0.29) is 6.04 Å². The van der Waals surface area contributed by atoms with E-state index >= 15 is 0 Å². The lowest BCUT2D eigenvalue weighted by molar-refractivity contribution is -0.127. The molecule has 150 valence electrons. The number of benzene rings is 2. The Bertz CT molecular complexity index is 1070. The Morgan fingerprint density at radius 2 is 1.90 bits per heavy atom. The Morgan fingerprint density at radius 3 is 2.66 bits per heavy atom. The van der Waals surface area contributed by atoms with E-state index < -0.39 is 11.7 Å². The molecule has 1 aliphatic rings. The summed E-state index contributed by atoms with van der Waals surface area (Å²) in [6.45, 7) is 5.58. The average molecular weight is 391 g/mol. The number of ketones is 1. The molecule has 2 heterocycles. The van der Waals surface area contributed by atoms with Crippen LogP contribution in [-0.2, 0) is 4.79 Å². The number of aromatic amines is 1. The van der Waals surface area contributed by atoms with Crippen LogP contribution in [0.1, 0.15) is 23.0 Å². The number of methoxy groups -OCH3 is 1. The highest BCUT2D eigenvalue weighted by Crippen LogP contribution is 2.26. The van der Waals surface area contributed by atoms with E-state index in [1.165, 1.54) is 0 Å². The number of para-hydroxylation sites is 1. The second-order valence-electron chi connectivity index (χ2n) is 7.49. The molecular weight excluding hydrogens is 366 g/mol. The number of Topliss-reactive ketones (excluding diaryl/α,β-unsaturated/α-hetero) is 1. The van der Waals surface area contributed by atoms with Crippen molar-refractivity contribution in [3.05, 3.63) is 59.8 Å². The summed E-state index contributed by atoms with van der Waals surface area (Å²) < 4.78 is 5.32. The van der Waals surface area contributed by atoms with Crippen LogP contribution in [0.5, 0.6) is 5.75 Å². The zero-order valence-corrected chi connectivity index (χ0v) is 16.9. The lowest BCUT2D eigenvalue weighted by atomic mass is 10.0. The molecular formula is C23H25N3O3. The fraction of sp³-hybridized carbons (Fsp3) is 0.304. The molecule has 3 aromatic rings. The number of aryl methyl sites for hydroxylation is 1. The van der Waals surface area contributed by atoms with Gasteiger partial charge in [0, 0.05) is 54.0 Å². The lowest BCUT2D eigenvalue weighted by Crippen LogP contribution is -2.55. The quantitative estimate of drug-likeness (QED) is 0.547. The maximum atomic E-state index is 13.0. The van der Waals surface area contributed by atoms with E-state index in [9.17, 15) is 9.59 Å². The zero-order chi connectivity index (χ0) is 20.5. The van der Waals surface area contributed by atoms with Crippen molar-refractivity contribution in [2.75, 3.05) is 31.6 Å². The second-order valence-corrected chi connectivity index (χ2v) is 7.49. The van der Waals surface area contributed by atoms with Crippen molar-refractivity contribution in [1.82, 2.24) is 9.88 Å². The van der Waals surface area contributed by atoms with Gasteiger partial charge in [-0.15, -0.1) is 0 Å². The van der Waals surface area contributed by atoms with Crippen LogP contribution in [0.25, 0.3) is 10.9 Å². The molecule has 1 unspecified atom stereocenters. The molecule has 29 heavy (non-hydrogen) atoms. The number of fused-ring (bicyclic) bond motifs is 1. The molecule has 1 aromatic heterocycles. The van der Waals surface area contributed by atoms with Crippen LogP contribution in [0.4, 0.5) is 5.69 Å². The third-order valence-corrected chi connectivity index (χ3v) is 5.61. The summed E-state index contributed by atoms with van der Waals surface area (Å²) in [4.78, 5) is 33.2. The van der Waals surface area contributed by atoms with E-state index in [0.29, 0.717) is 25.2 Å². The normalized spacial score (nSPS) is 16.9. The fourth-order valence-electron chi connectivity index (χ4n) is 4.13. The maximum absolute atomic E-state index is 13.0. The van der Waals surface area contributed by atoms with Gasteiger partial charge in [0.2, 0.25) is 0 Å². The number of H-pyrrole nitrogens is 1. The van der Waals surface area contributed by atoms with Crippen molar-refractivity contribution >= 4 is 28.3 Å². The molecule has 0 spiro atoms. The fourth-order valence-corrected chi connectivity index (χ4v) is 4.13. The van der Waals surface area contributed by atoms with Gasteiger partial charge >= 0.3 is 0 Å². The molecule has 0 bridgehead atoms. The molecule has 2 aromatic carbocycles. The first-order valence-corrected chi connectivity index (χ1v) is 9.81. The number of piperazine rings is 1. The van der Waals surface area contributed by atoms with Crippen LogP contribution < -0.4 is 9.64 Å². The Balaban J connectivity index is 1.52. The van der Waals surface area contributed by atoms with Crippen LogP contribution in [0.15, 0.2) is 48.5 Å². The first-order valence-electron chi connectivity index (χ1n) is 9.81. The molecule has 1 amide bonds. The van der Waals surface area contributed by atoms with Crippen molar-refractivity contribution in [3.63, 3.8) is 0 Å². The van der Waals surface area contributed by atoms with Crippen molar-refractivity contribution in [3.8, 4) is 5.75 Å². The van der Waals surface area contributed by atoms with Gasteiger partial charge in [0.15, 0.2) is 0 Å². The third kappa shape index (κ3) is 3.46. The Kier molecular flexibility index (Phi) is 5.01. The first kappa shape index (κ1) is 19.1. The van der Waals surface area contributed by atoms with Crippen molar-refractivity contribution in [2.45, 2.75) is 19.9 Å². The summed E-state index contributed by atoms with van der Waals surface area (Å²) in [6.07, 6.45) is 0. The molecule has 4 rings (SSSR count). The molecule has 6 nitrogen and oxygen atoms in total. The lowest BCUT2D eigenvalue weighted by Gasteiger charge is -2.41. The SMILES string of the molecule is COc1cccc(N2CCN(C(=O)C(=O)c3c(C)[nH]c4ccccc34)CC2C)c1. The van der Waals surface area contributed by atoms with E-state index in [4.69, 9.17) is 4.74 Å². The van der Waals surface area contributed by atoms with Gasteiger partial charge in [-0.25, -0.2) is 0 Å². The molecule has 0 saturated carbocycles. The molecule has 1 saturated heterocycles. The van der Waals surface area contributed by atoms with Gasteiger partial charge in [0.05, 0.1) is 12.7 Å². The van der Waals surface area contributed by atoms with Crippen LogP contribution in [0, 0.1) is 6.92 Å². The van der Waals surface area contributed by atoms with Crippen LogP contribution in [0.3, 0.4) is 0 Å². The van der Waals surface area contributed by atoms with Crippen LogP contribution in [0.2, 0.25) is 0 Å². The van der Waals surface area contributed by atoms with Crippen LogP contribution >= 0.6 is 0 Å². The number of aromatic nitrogens is 1. The number of rotatable bonds is 4. The van der Waals surface area contributed by atoms with Gasteiger partial charge in [-0.3, -0.25) is 9.59 Å². The van der Waals surface area contributed by atoms with Gasteiger partial charge in [0.1, 0.15) is 5.75 Å². The second kappa shape index (κ2) is 7.62. The number of carbonyl (C=O) groups is 2. The summed E-state index contributed by atoms with van der Waals surface area (Å²) in [6, 6.07) is 15.6. The van der Waals surface area contributed by atoms with Gasteiger partial charge in [0.25, 0.3) is 11.7 Å². The van der Waals surface area contributed by atoms with Crippen molar-refractivity contribution in [1.29, 1.82) is 0 Å². The maximum Gasteiger partial charge on any atom is 0.295 e. The topological polar surface area (TPSA) is 65.6 Å². The van der Waals surface area contributed by atoms with Gasteiger partial charge in [-0.05, 0) is 32.0 Å². The number of ether oxygens (including phenoxy) is 1. The summed E-state index contributed by atoms with van der Waals surface area (Å²) in [7, 11) is 1.65. The number of anilines is 1. The summed E-state index contributed by atoms with van der Waals surface area (Å²) >= 11 is 0. The van der Waals surface area contributed by atoms with Gasteiger partial charge in [-0.2, -0.15) is 0 Å². The number of hydrogen-bond donors (Lipinski definition) is 1. The molecule has 1 N–H and O–H groups in total. The molecule has 1 atom stereocenters. The molecule has 0 radical (unpaired) electrons. The molecule has 1 fully saturated rings. The third-order valence-electron chi connectivity index (χ3n) is 5.61. The minimum Gasteiger partial charge on any atom is -0.497 e. The van der Waals surface area contributed by atoms with E-state index in [1.54, 1.807) is 12.0 Å². The number of carbonyl (C=O) groups excluding carboxylic acids is 2. The molecule has 0 aliphatic carbocycles. The number of nitrogens with one attached hydrogen (secondary N) is 1. The zero-order valence-electron chi connectivity index (χ0n) is 16.9. The highest BCUT2D eigenvalue weighted by Gasteiger charge is 2.32. The highest BCUT2D eigenvalue weighted by atomic mass is 16.5. The number of amides is 1. The molecule has 1 aliphatic heterocycles. The largest absolute Gasteiger partial charge is 0.497 e. The van der Waals surface area contributed by atoms with E-state index in [1.807, 2.05) is 55.5 Å². The van der Waals surface area contributed by atoms with Gasteiger partial charge in [-0.1, -0.05) is 24.3 Å². The Hall–Kier alpha value is -3.28. The van der Waals surface area contributed by atoms with Crippen LogP contribution in [-0.4, -0.2) is 54.4 Å². The van der Waals surface area contributed by atoms with Crippen molar-refractivity contribution in [2.24, 2.45) is 0 Å². The first-order chi connectivity index (χ1) is 14.0. The van der Waals surface area contributed by atoms with E-state index in [0.717, 1.165) is 28.0 Å². The minimum atomic E-state index is -0.443. The summed E-state index contributed by atoms with van der Waals surface area (Å²) in [5.41, 5.74) is 3.14. The Morgan fingerprint density at radius 1 is 1.10 bits per heavy atom. The standard InChI is InChI=1S/C23H25N3O3/c1-15-14-25(11-12-26(15)17-7-6-8-18(13-17)29-3)23(28)22(27)21-16(2)24-20-10-5-4-9-19(20)21/h4-10,13,15,24H,11-12,14H2,1-3H3. The highest BCUT2D eigenvalue weighted by molar-refractivity contribution is 6.45. The van der Waals surface area contributed by atoms with E-state index in [2.05, 4.69) is 16.8 Å². The average Bonchev–Trinajstić information content (AvgIpc) is 3.08. The van der Waals surface area contributed by atoms with Crippen molar-refractivity contribution < 1.29 is 14.3 Å². The molecule has 6 heteroatoms. The summed E-state index contributed by atoms with van der Waals surface area (Å²) in [5, 5.41) is 0.798. The van der Waals surface area contributed by atoms with Gasteiger partial charge < -0.3 is 19.5 Å². The Labute approximate surface area is 170 Å². The predicted molar refractivity (Wildman–Crippen MR) is 114 cm³/mol. The number of hydrogen-bond acceptors (Lipinski definition) is 4. The minimum absolute atomic E-state index is 0.0941. The predicted octanol–water partition coefficient (Wildman–Crippen LogP) is 3.40. The summed E-state index contributed by atoms with van der Waals surface area (Å²) in [5.74, 6) is -0.0739. The number of nitrogens with zero attached hydrogens (tertiary/aromatic N) is 2. The smallest absolute Gasteiger partial charge is 0.295 e.